The van der Waals surface area contributed by atoms with Crippen molar-refractivity contribution in [2.45, 2.75) is 0 Å². The molecule has 0 aromatic heterocycles. The minimum Gasteiger partial charge on any atom is -0.122 e. The third-order valence-electron chi connectivity index (χ3n) is 4.12. The predicted octanol–water partition coefficient (Wildman–Crippen LogP) is 4.55. The van der Waals surface area contributed by atoms with Crippen LogP contribution >= 0.6 is 15.5 Å². The minimum atomic E-state index is -1.83. The molecule has 3 aromatic rings. The van der Waals surface area contributed by atoms with E-state index in [9.17, 15) is 4.57 Å². The third-order valence-corrected chi connectivity index (χ3v) is 8.71. The van der Waals surface area contributed by atoms with Crippen LogP contribution in [0.5, 0.6) is 0 Å². The van der Waals surface area contributed by atoms with E-state index in [1.54, 1.807) is 0 Å². The van der Waals surface area contributed by atoms with Gasteiger partial charge in [0.25, 0.3) is 0 Å². The van der Waals surface area contributed by atoms with Gasteiger partial charge in [0, 0.05) is 4.57 Å². The zero-order valence-electron chi connectivity index (χ0n) is 15.3. The van der Waals surface area contributed by atoms with Gasteiger partial charge >= 0.3 is 8.25 Å². The molecule has 0 unspecified atom stereocenters. The van der Waals surface area contributed by atoms with Gasteiger partial charge in [-0.15, -0.1) is 9.05 Å². The fraction of sp³-hybridized carbons (Fsp3) is 0.143. The summed E-state index contributed by atoms with van der Waals surface area (Å²) in [7, 11) is -0.709. The van der Waals surface area contributed by atoms with Crippen molar-refractivity contribution in [3.63, 3.8) is 0 Å². The van der Waals surface area contributed by atoms with Gasteiger partial charge in [0.1, 0.15) is 23.2 Å². The first-order chi connectivity index (χ1) is 12.6. The zero-order chi connectivity index (χ0) is 18.8. The average Bonchev–Trinajstić information content (AvgIpc) is 2.75. The van der Waals surface area contributed by atoms with E-state index >= 15 is 0 Å². The highest BCUT2D eigenvalue weighted by atomic mass is 31.2. The van der Waals surface area contributed by atoms with Crippen molar-refractivity contribution >= 4 is 31.4 Å². The average molecular weight is 386 g/mol. The largest absolute Gasteiger partial charge is 0.696 e. The molecule has 0 saturated heterocycles. The first-order valence-electron chi connectivity index (χ1n) is 8.21. The number of benzene rings is 3. The second-order valence-corrected chi connectivity index (χ2v) is 10.3. The second-order valence-electron chi connectivity index (χ2n) is 5.60. The maximum Gasteiger partial charge on any atom is 0.696 e. The van der Waals surface area contributed by atoms with Crippen LogP contribution < -0.4 is 15.9 Å². The molecule has 0 N–H and O–H groups in total. The van der Waals surface area contributed by atoms with Crippen LogP contribution in [0.25, 0.3) is 0 Å². The van der Waals surface area contributed by atoms with Crippen molar-refractivity contribution in [3.05, 3.63) is 91.0 Å². The lowest BCUT2D eigenvalue weighted by atomic mass is 10.4. The molecule has 0 atom stereocenters. The summed E-state index contributed by atoms with van der Waals surface area (Å²) >= 11 is 0. The molecule has 0 heterocycles. The summed E-state index contributed by atoms with van der Waals surface area (Å²) in [5.74, 6) is 0. The maximum atomic E-state index is 9.88. The molecule has 0 amide bonds. The van der Waals surface area contributed by atoms with Crippen LogP contribution in [0.4, 0.5) is 0 Å². The summed E-state index contributed by atoms with van der Waals surface area (Å²) < 4.78 is 18.3. The van der Waals surface area contributed by atoms with E-state index in [2.05, 4.69) is 107 Å². The van der Waals surface area contributed by atoms with Crippen molar-refractivity contribution in [2.24, 2.45) is 0 Å². The summed E-state index contributed by atoms with van der Waals surface area (Å²) in [6.07, 6.45) is 0. The Morgan fingerprint density at radius 1 is 0.615 bits per heavy atom. The molecular formula is C21H24O3P2+2. The normalized spacial score (nSPS) is 10.6. The third kappa shape index (κ3) is 5.06. The lowest BCUT2D eigenvalue weighted by molar-refractivity contribution is 0.302. The van der Waals surface area contributed by atoms with Crippen LogP contribution in [-0.4, -0.2) is 20.9 Å². The van der Waals surface area contributed by atoms with Gasteiger partial charge in [0.2, 0.25) is 0 Å². The van der Waals surface area contributed by atoms with E-state index in [0.717, 1.165) is 0 Å². The van der Waals surface area contributed by atoms with E-state index in [4.69, 9.17) is 0 Å². The summed E-state index contributed by atoms with van der Waals surface area (Å²) in [6, 6.07) is 32.6. The SMILES string of the molecule is CO[P+](=O)OC.C[P+](c1ccccc1)(c1ccccc1)c1ccccc1. The summed E-state index contributed by atoms with van der Waals surface area (Å²) in [6.45, 7) is 2.41. The zero-order valence-corrected chi connectivity index (χ0v) is 17.1. The monoisotopic (exact) mass is 386 g/mol. The first-order valence-corrected chi connectivity index (χ1v) is 11.5. The molecule has 0 radical (unpaired) electrons. The molecule has 5 heteroatoms. The van der Waals surface area contributed by atoms with Gasteiger partial charge in [-0.3, -0.25) is 0 Å². The molecule has 3 rings (SSSR count). The molecule has 0 aliphatic rings. The fourth-order valence-corrected chi connectivity index (χ4v) is 6.05. The Labute approximate surface area is 157 Å². The molecule has 0 saturated carbocycles. The second kappa shape index (κ2) is 10.3. The summed E-state index contributed by atoms with van der Waals surface area (Å²) in [4.78, 5) is 0. The molecule has 134 valence electrons. The minimum absolute atomic E-state index is 1.32. The van der Waals surface area contributed by atoms with E-state index < -0.39 is 15.5 Å². The quantitative estimate of drug-likeness (QED) is 0.604. The highest BCUT2D eigenvalue weighted by molar-refractivity contribution is 7.95. The maximum absolute atomic E-state index is 9.88. The van der Waals surface area contributed by atoms with E-state index in [1.165, 1.54) is 30.1 Å². The van der Waals surface area contributed by atoms with Gasteiger partial charge < -0.3 is 0 Å². The fourth-order valence-electron chi connectivity index (χ4n) is 2.70. The Morgan fingerprint density at radius 3 is 1.08 bits per heavy atom. The Balaban J connectivity index is 0.000000352. The number of hydrogen-bond donors (Lipinski definition) is 0. The van der Waals surface area contributed by atoms with Gasteiger partial charge in [-0.25, -0.2) is 0 Å². The molecule has 3 aromatic carbocycles. The van der Waals surface area contributed by atoms with Gasteiger partial charge in [0.05, 0.1) is 20.9 Å². The molecule has 26 heavy (non-hydrogen) atoms. The van der Waals surface area contributed by atoms with Crippen LogP contribution in [0, 0.1) is 0 Å². The Bertz CT molecular complexity index is 691. The summed E-state index contributed by atoms with van der Waals surface area (Å²) in [5.41, 5.74) is 0. The van der Waals surface area contributed by atoms with Crippen molar-refractivity contribution in [1.82, 2.24) is 0 Å². The summed E-state index contributed by atoms with van der Waals surface area (Å²) in [5, 5.41) is 4.28. The van der Waals surface area contributed by atoms with Crippen molar-refractivity contribution < 1.29 is 13.6 Å². The number of hydrogen-bond acceptors (Lipinski definition) is 3. The van der Waals surface area contributed by atoms with Crippen molar-refractivity contribution in [2.75, 3.05) is 20.9 Å². The molecule has 0 aliphatic carbocycles. The molecule has 0 aliphatic heterocycles. The Morgan fingerprint density at radius 2 is 0.885 bits per heavy atom. The van der Waals surface area contributed by atoms with Crippen LogP contribution in [0.15, 0.2) is 91.0 Å². The van der Waals surface area contributed by atoms with Gasteiger partial charge in [-0.1, -0.05) is 54.6 Å². The van der Waals surface area contributed by atoms with Gasteiger partial charge in [-0.2, -0.15) is 0 Å². The Kier molecular flexibility index (Phi) is 8.09. The highest BCUT2D eigenvalue weighted by Crippen LogP contribution is 2.51. The molecular weight excluding hydrogens is 362 g/mol. The molecule has 3 nitrogen and oxygen atoms in total. The van der Waals surface area contributed by atoms with Crippen LogP contribution in [0.3, 0.4) is 0 Å². The van der Waals surface area contributed by atoms with E-state index in [-0.39, 0.29) is 0 Å². The van der Waals surface area contributed by atoms with Gasteiger partial charge in [-0.05, 0) is 36.4 Å². The van der Waals surface area contributed by atoms with Crippen LogP contribution in [0.2, 0.25) is 0 Å². The standard InChI is InChI=1S/C19H18P.C2H6O3P/c1-20(17-11-5-2-6-12-17,18-13-7-3-8-14-18)19-15-9-4-10-16-19;1-4-6(3)5-2/h2-16H,1H3;1-2H3/q2*+1. The lowest BCUT2D eigenvalue weighted by Crippen LogP contribution is -2.30. The predicted molar refractivity (Wildman–Crippen MR) is 113 cm³/mol. The molecule has 0 bridgehead atoms. The molecule has 0 spiro atoms. The van der Waals surface area contributed by atoms with E-state index in [0.29, 0.717) is 0 Å². The van der Waals surface area contributed by atoms with E-state index in [1.807, 2.05) is 0 Å². The van der Waals surface area contributed by atoms with Crippen molar-refractivity contribution in [3.8, 4) is 0 Å². The van der Waals surface area contributed by atoms with Gasteiger partial charge in [0.15, 0.2) is 0 Å². The number of rotatable bonds is 5. The van der Waals surface area contributed by atoms with Crippen LogP contribution in [-0.2, 0) is 13.6 Å². The smallest absolute Gasteiger partial charge is 0.122 e. The van der Waals surface area contributed by atoms with Crippen LogP contribution in [0.1, 0.15) is 0 Å². The Hall–Kier alpha value is -1.89. The highest BCUT2D eigenvalue weighted by Gasteiger charge is 2.39. The topological polar surface area (TPSA) is 35.5 Å². The first kappa shape index (κ1) is 20.4. The molecule has 0 fully saturated rings. The lowest BCUT2D eigenvalue weighted by Gasteiger charge is -2.22. The van der Waals surface area contributed by atoms with Crippen molar-refractivity contribution in [1.29, 1.82) is 0 Å².